The molecule has 0 saturated heterocycles. The highest BCUT2D eigenvalue weighted by Crippen LogP contribution is 2.27. The second-order valence-corrected chi connectivity index (χ2v) is 5.33. The van der Waals surface area contributed by atoms with E-state index in [2.05, 4.69) is 5.32 Å². The largest absolute Gasteiger partial charge is 0.504 e. The van der Waals surface area contributed by atoms with Gasteiger partial charge in [-0.05, 0) is 43.0 Å². The van der Waals surface area contributed by atoms with E-state index in [-0.39, 0.29) is 11.7 Å². The number of carbonyl (C=O) groups is 1. The van der Waals surface area contributed by atoms with Gasteiger partial charge in [-0.25, -0.2) is 0 Å². The lowest BCUT2D eigenvalue weighted by Crippen LogP contribution is -2.35. The normalized spacial score (nSPS) is 14.1. The predicted octanol–water partition coefficient (Wildman–Crippen LogP) is 1.36. The molecule has 5 nitrogen and oxygen atoms in total. The molecule has 5 heteroatoms. The molecule has 1 saturated carbocycles. The summed E-state index contributed by atoms with van der Waals surface area (Å²) in [5, 5.41) is 12.9. The van der Waals surface area contributed by atoms with Gasteiger partial charge in [-0.15, -0.1) is 0 Å². The van der Waals surface area contributed by atoms with Crippen molar-refractivity contribution < 1.29 is 14.6 Å². The van der Waals surface area contributed by atoms with Crippen molar-refractivity contribution in [1.29, 1.82) is 0 Å². The highest BCUT2D eigenvalue weighted by Gasteiger charge is 2.21. The van der Waals surface area contributed by atoms with Gasteiger partial charge in [0, 0.05) is 13.6 Å². The molecule has 1 aliphatic carbocycles. The summed E-state index contributed by atoms with van der Waals surface area (Å²) in [5.41, 5.74) is 0.876. The number of phenolic OH excluding ortho intramolecular Hbond substituents is 1. The minimum atomic E-state index is 0.0564. The van der Waals surface area contributed by atoms with E-state index in [9.17, 15) is 9.90 Å². The van der Waals surface area contributed by atoms with Crippen molar-refractivity contribution in [3.63, 3.8) is 0 Å². The molecule has 110 valence electrons. The maximum absolute atomic E-state index is 11.9. The highest BCUT2D eigenvalue weighted by molar-refractivity contribution is 5.78. The lowest BCUT2D eigenvalue weighted by molar-refractivity contribution is -0.129. The van der Waals surface area contributed by atoms with Crippen molar-refractivity contribution in [2.24, 2.45) is 5.92 Å². The standard InChI is InChI=1S/C15H22N2O3/c1-17(15(19)9-16-8-11-3-4-11)10-12-5-6-14(20-2)13(18)7-12/h5-7,11,16,18H,3-4,8-10H2,1-2H3. The van der Waals surface area contributed by atoms with Gasteiger partial charge in [0.05, 0.1) is 13.7 Å². The van der Waals surface area contributed by atoms with E-state index in [0.29, 0.717) is 18.8 Å². The van der Waals surface area contributed by atoms with E-state index in [1.54, 1.807) is 24.1 Å². The zero-order valence-electron chi connectivity index (χ0n) is 12.1. The first kappa shape index (κ1) is 14.7. The van der Waals surface area contributed by atoms with E-state index in [0.717, 1.165) is 18.0 Å². The summed E-state index contributed by atoms with van der Waals surface area (Å²) in [6, 6.07) is 5.18. The molecule has 1 fully saturated rings. The van der Waals surface area contributed by atoms with Crippen LogP contribution in [0.5, 0.6) is 11.5 Å². The number of hydrogen-bond acceptors (Lipinski definition) is 4. The molecule has 1 aliphatic rings. The van der Waals surface area contributed by atoms with Crippen molar-refractivity contribution in [2.75, 3.05) is 27.2 Å². The second kappa shape index (κ2) is 6.61. The molecule has 0 aliphatic heterocycles. The predicted molar refractivity (Wildman–Crippen MR) is 76.7 cm³/mol. The Kier molecular flexibility index (Phi) is 4.84. The summed E-state index contributed by atoms with van der Waals surface area (Å²) in [6.45, 7) is 1.78. The van der Waals surface area contributed by atoms with Gasteiger partial charge >= 0.3 is 0 Å². The van der Waals surface area contributed by atoms with Gasteiger partial charge < -0.3 is 20.1 Å². The number of methoxy groups -OCH3 is 1. The Balaban J connectivity index is 1.81. The van der Waals surface area contributed by atoms with Crippen LogP contribution in [0.3, 0.4) is 0 Å². The molecule has 0 unspecified atom stereocenters. The van der Waals surface area contributed by atoms with Crippen LogP contribution in [-0.2, 0) is 11.3 Å². The molecular formula is C15H22N2O3. The van der Waals surface area contributed by atoms with Crippen LogP contribution in [0.2, 0.25) is 0 Å². The maximum Gasteiger partial charge on any atom is 0.236 e. The van der Waals surface area contributed by atoms with Gasteiger partial charge in [-0.2, -0.15) is 0 Å². The molecule has 2 rings (SSSR count). The SMILES string of the molecule is COc1ccc(CN(C)C(=O)CNCC2CC2)cc1O. The average Bonchev–Trinajstić information content (AvgIpc) is 3.23. The molecule has 0 atom stereocenters. The van der Waals surface area contributed by atoms with E-state index >= 15 is 0 Å². The van der Waals surface area contributed by atoms with Gasteiger partial charge in [0.2, 0.25) is 5.91 Å². The molecular weight excluding hydrogens is 256 g/mol. The van der Waals surface area contributed by atoms with Gasteiger partial charge in [-0.1, -0.05) is 6.07 Å². The third-order valence-corrected chi connectivity index (χ3v) is 3.49. The number of phenols is 1. The fourth-order valence-corrected chi connectivity index (χ4v) is 2.04. The Bertz CT molecular complexity index is 472. The molecule has 0 radical (unpaired) electrons. The molecule has 20 heavy (non-hydrogen) atoms. The number of carbonyl (C=O) groups excluding carboxylic acids is 1. The van der Waals surface area contributed by atoms with Crippen LogP contribution in [-0.4, -0.2) is 43.2 Å². The summed E-state index contributed by atoms with van der Waals surface area (Å²) in [6.07, 6.45) is 2.56. The van der Waals surface area contributed by atoms with Crippen molar-refractivity contribution in [3.8, 4) is 11.5 Å². The number of rotatable bonds is 7. The molecule has 0 heterocycles. The first-order valence-corrected chi connectivity index (χ1v) is 6.90. The Labute approximate surface area is 119 Å². The van der Waals surface area contributed by atoms with Crippen molar-refractivity contribution in [3.05, 3.63) is 23.8 Å². The maximum atomic E-state index is 11.9. The zero-order chi connectivity index (χ0) is 14.5. The number of nitrogens with one attached hydrogen (secondary N) is 1. The monoisotopic (exact) mass is 278 g/mol. The van der Waals surface area contributed by atoms with Crippen LogP contribution in [0.15, 0.2) is 18.2 Å². The first-order chi connectivity index (χ1) is 9.60. The summed E-state index contributed by atoms with van der Waals surface area (Å²) in [4.78, 5) is 13.6. The van der Waals surface area contributed by atoms with Crippen molar-refractivity contribution in [2.45, 2.75) is 19.4 Å². The van der Waals surface area contributed by atoms with Crippen LogP contribution in [0.1, 0.15) is 18.4 Å². The Morgan fingerprint density at radius 2 is 2.25 bits per heavy atom. The summed E-state index contributed by atoms with van der Waals surface area (Å²) in [5.74, 6) is 1.36. The summed E-state index contributed by atoms with van der Waals surface area (Å²) < 4.78 is 4.99. The summed E-state index contributed by atoms with van der Waals surface area (Å²) in [7, 11) is 3.28. The molecule has 0 bridgehead atoms. The van der Waals surface area contributed by atoms with Gasteiger partial charge in [0.15, 0.2) is 11.5 Å². The second-order valence-electron chi connectivity index (χ2n) is 5.33. The van der Waals surface area contributed by atoms with E-state index in [1.165, 1.54) is 20.0 Å². The Morgan fingerprint density at radius 1 is 1.50 bits per heavy atom. The van der Waals surface area contributed by atoms with E-state index in [1.807, 2.05) is 6.07 Å². The molecule has 1 aromatic rings. The highest BCUT2D eigenvalue weighted by atomic mass is 16.5. The van der Waals surface area contributed by atoms with Crippen LogP contribution in [0.4, 0.5) is 0 Å². The van der Waals surface area contributed by atoms with Crippen molar-refractivity contribution >= 4 is 5.91 Å². The Morgan fingerprint density at radius 3 is 2.85 bits per heavy atom. The third-order valence-electron chi connectivity index (χ3n) is 3.49. The molecule has 0 spiro atoms. The van der Waals surface area contributed by atoms with Crippen LogP contribution in [0.25, 0.3) is 0 Å². The molecule has 2 N–H and O–H groups in total. The smallest absolute Gasteiger partial charge is 0.236 e. The number of hydrogen-bond donors (Lipinski definition) is 2. The number of aromatic hydroxyl groups is 1. The lowest BCUT2D eigenvalue weighted by Gasteiger charge is -2.18. The number of amides is 1. The number of ether oxygens (including phenoxy) is 1. The van der Waals surface area contributed by atoms with Gasteiger partial charge in [0.25, 0.3) is 0 Å². The van der Waals surface area contributed by atoms with Crippen LogP contribution in [0, 0.1) is 5.92 Å². The molecule has 1 aromatic carbocycles. The van der Waals surface area contributed by atoms with Crippen molar-refractivity contribution in [1.82, 2.24) is 10.2 Å². The fourth-order valence-electron chi connectivity index (χ4n) is 2.04. The zero-order valence-corrected chi connectivity index (χ0v) is 12.1. The van der Waals surface area contributed by atoms with Gasteiger partial charge in [-0.3, -0.25) is 4.79 Å². The van der Waals surface area contributed by atoms with Crippen LogP contribution < -0.4 is 10.1 Å². The Hall–Kier alpha value is -1.75. The number of nitrogens with zero attached hydrogens (tertiary/aromatic N) is 1. The topological polar surface area (TPSA) is 61.8 Å². The van der Waals surface area contributed by atoms with Crippen LogP contribution >= 0.6 is 0 Å². The quantitative estimate of drug-likeness (QED) is 0.790. The average molecular weight is 278 g/mol. The summed E-state index contributed by atoms with van der Waals surface area (Å²) >= 11 is 0. The van der Waals surface area contributed by atoms with E-state index in [4.69, 9.17) is 4.74 Å². The number of benzene rings is 1. The molecule has 0 aromatic heterocycles. The van der Waals surface area contributed by atoms with E-state index < -0.39 is 0 Å². The number of likely N-dealkylation sites (N-methyl/N-ethyl adjacent to an activating group) is 1. The molecule has 1 amide bonds. The minimum absolute atomic E-state index is 0.0564. The lowest BCUT2D eigenvalue weighted by atomic mass is 10.2. The van der Waals surface area contributed by atoms with Gasteiger partial charge in [0.1, 0.15) is 0 Å². The first-order valence-electron chi connectivity index (χ1n) is 6.90. The third kappa shape index (κ3) is 4.13. The fraction of sp³-hybridized carbons (Fsp3) is 0.533. The minimum Gasteiger partial charge on any atom is -0.504 e.